The first-order valence-electron chi connectivity index (χ1n) is 8.77. The molecule has 0 aliphatic carbocycles. The number of para-hydroxylation sites is 1. The Hall–Kier alpha value is -1.74. The maximum Gasteiger partial charge on any atom is 0.376 e. The van der Waals surface area contributed by atoms with Gasteiger partial charge in [0.1, 0.15) is 18.5 Å². The molecule has 2 aromatic carbocycles. The molecule has 0 spiro atoms. The molecule has 0 aliphatic rings. The highest BCUT2D eigenvalue weighted by atomic mass is 32.2. The van der Waals surface area contributed by atoms with Crippen molar-refractivity contribution in [2.45, 2.75) is 24.8 Å². The monoisotopic (exact) mass is 444 g/mol. The lowest BCUT2D eigenvalue weighted by molar-refractivity contribution is 0.0872. The van der Waals surface area contributed by atoms with Crippen LogP contribution in [0.2, 0.25) is 0 Å². The smallest absolute Gasteiger partial charge is 0.376 e. The van der Waals surface area contributed by atoms with Crippen molar-refractivity contribution in [3.63, 3.8) is 0 Å². The van der Waals surface area contributed by atoms with Gasteiger partial charge in [0.25, 0.3) is 5.18 Å². The summed E-state index contributed by atoms with van der Waals surface area (Å²) < 4.78 is 64.2. The molecular formula is C19H25O8PS. The van der Waals surface area contributed by atoms with Crippen molar-refractivity contribution in [3.05, 3.63) is 66.2 Å². The second kappa shape index (κ2) is 10.9. The summed E-state index contributed by atoms with van der Waals surface area (Å²) in [6, 6.07) is 17.7. The maximum atomic E-state index is 12.8. The molecule has 0 N–H and O–H groups in total. The second-order valence-electron chi connectivity index (χ2n) is 6.03. The summed E-state index contributed by atoms with van der Waals surface area (Å²) in [6.07, 6.45) is -0.870. The van der Waals surface area contributed by atoms with Gasteiger partial charge in [0.05, 0.1) is 6.61 Å². The first kappa shape index (κ1) is 23.5. The molecule has 2 rings (SSSR count). The van der Waals surface area contributed by atoms with Gasteiger partial charge in [-0.15, -0.1) is 0 Å². The fourth-order valence-corrected chi connectivity index (χ4v) is 5.88. The molecular weight excluding hydrogens is 419 g/mol. The Morgan fingerprint density at radius 3 is 2.03 bits per heavy atom. The molecule has 0 aliphatic heterocycles. The van der Waals surface area contributed by atoms with Gasteiger partial charge in [0.2, 0.25) is 0 Å². The topological polar surface area (TPSA) is 97.4 Å². The van der Waals surface area contributed by atoms with Crippen molar-refractivity contribution in [3.8, 4) is 5.75 Å². The summed E-state index contributed by atoms with van der Waals surface area (Å²) in [5, 5.41) is -1.95. The van der Waals surface area contributed by atoms with Crippen LogP contribution in [0.1, 0.15) is 12.5 Å². The average molecular weight is 444 g/mol. The van der Waals surface area contributed by atoms with Crippen LogP contribution >= 0.6 is 7.60 Å². The van der Waals surface area contributed by atoms with Crippen molar-refractivity contribution in [1.82, 2.24) is 0 Å². The predicted octanol–water partition coefficient (Wildman–Crippen LogP) is 3.79. The number of rotatable bonds is 12. The molecule has 160 valence electrons. The van der Waals surface area contributed by atoms with Crippen LogP contribution in [-0.4, -0.2) is 40.5 Å². The summed E-state index contributed by atoms with van der Waals surface area (Å²) in [7, 11) is -6.48. The van der Waals surface area contributed by atoms with E-state index in [1.807, 2.05) is 12.1 Å². The fourth-order valence-electron chi connectivity index (χ4n) is 2.36. The van der Waals surface area contributed by atoms with Crippen LogP contribution in [0.3, 0.4) is 0 Å². The minimum atomic E-state index is -4.49. The highest BCUT2D eigenvalue weighted by Gasteiger charge is 2.47. The molecule has 29 heavy (non-hydrogen) atoms. The fraction of sp³-hybridized carbons (Fsp3) is 0.368. The molecule has 2 aromatic rings. The van der Waals surface area contributed by atoms with Gasteiger partial charge in [-0.3, -0.25) is 8.75 Å². The summed E-state index contributed by atoms with van der Waals surface area (Å²) in [5.41, 5.74) is 0.687. The summed E-state index contributed by atoms with van der Waals surface area (Å²) in [6.45, 7) is 1.35. The van der Waals surface area contributed by atoms with Crippen LogP contribution < -0.4 is 4.74 Å². The number of benzene rings is 2. The first-order chi connectivity index (χ1) is 13.8. The molecule has 2 unspecified atom stereocenters. The number of hydrogen-bond donors (Lipinski definition) is 0. The van der Waals surface area contributed by atoms with Gasteiger partial charge in [-0.1, -0.05) is 48.5 Å². The Morgan fingerprint density at radius 1 is 0.931 bits per heavy atom. The SMILES string of the molecule is COP(=O)(OC)C(OCc1ccccc1)S(=O)(=O)OC(C)COc1ccccc1. The lowest BCUT2D eigenvalue weighted by Crippen LogP contribution is -2.32. The molecule has 0 saturated heterocycles. The molecule has 2 atom stereocenters. The highest BCUT2D eigenvalue weighted by Crippen LogP contribution is 2.54. The van der Waals surface area contributed by atoms with Crippen LogP contribution in [0, 0.1) is 0 Å². The molecule has 0 amide bonds. The van der Waals surface area contributed by atoms with Crippen LogP contribution in [0.5, 0.6) is 5.75 Å². The van der Waals surface area contributed by atoms with Gasteiger partial charge >= 0.3 is 17.7 Å². The van der Waals surface area contributed by atoms with Gasteiger partial charge in [-0.05, 0) is 24.6 Å². The normalized spacial score (nSPS) is 14.3. The molecule has 0 bridgehead atoms. The van der Waals surface area contributed by atoms with Crippen molar-refractivity contribution < 1.29 is 35.7 Å². The zero-order valence-corrected chi connectivity index (χ0v) is 18.2. The maximum absolute atomic E-state index is 12.8. The van der Waals surface area contributed by atoms with Crippen molar-refractivity contribution in [2.75, 3.05) is 20.8 Å². The lowest BCUT2D eigenvalue weighted by Gasteiger charge is -2.25. The van der Waals surface area contributed by atoms with Crippen LogP contribution in [0.25, 0.3) is 0 Å². The van der Waals surface area contributed by atoms with E-state index in [0.29, 0.717) is 11.3 Å². The van der Waals surface area contributed by atoms with E-state index in [-0.39, 0.29) is 13.2 Å². The van der Waals surface area contributed by atoms with Crippen LogP contribution in [-0.2, 0) is 39.3 Å². The predicted molar refractivity (Wildman–Crippen MR) is 108 cm³/mol. The Morgan fingerprint density at radius 2 is 1.48 bits per heavy atom. The van der Waals surface area contributed by atoms with Crippen molar-refractivity contribution >= 4 is 17.7 Å². The van der Waals surface area contributed by atoms with Crippen molar-refractivity contribution in [2.24, 2.45) is 0 Å². The zero-order valence-electron chi connectivity index (χ0n) is 16.5. The van der Waals surface area contributed by atoms with E-state index < -0.39 is 29.0 Å². The van der Waals surface area contributed by atoms with E-state index in [9.17, 15) is 13.0 Å². The zero-order chi connectivity index (χ0) is 21.3. The van der Waals surface area contributed by atoms with E-state index in [2.05, 4.69) is 0 Å². The Bertz CT molecular complexity index is 881. The van der Waals surface area contributed by atoms with Crippen molar-refractivity contribution in [1.29, 1.82) is 0 Å². The molecule has 0 saturated carbocycles. The highest BCUT2D eigenvalue weighted by molar-refractivity contribution is 7.94. The Balaban J connectivity index is 2.10. The van der Waals surface area contributed by atoms with Gasteiger partial charge in [0, 0.05) is 14.2 Å². The van der Waals surface area contributed by atoms with Gasteiger partial charge in [-0.2, -0.15) is 8.42 Å². The molecule has 0 heterocycles. The molecule has 0 fully saturated rings. The second-order valence-corrected chi connectivity index (χ2v) is 10.3. The van der Waals surface area contributed by atoms with E-state index >= 15 is 0 Å². The minimum Gasteiger partial charge on any atom is -0.491 e. The molecule has 0 radical (unpaired) electrons. The third kappa shape index (κ3) is 6.92. The summed E-state index contributed by atoms with van der Waals surface area (Å²) >= 11 is 0. The molecule has 8 nitrogen and oxygen atoms in total. The quantitative estimate of drug-likeness (QED) is 0.360. The standard InChI is InChI=1S/C19H25O8PS/c1-16(14-25-18-12-8-5-9-13-18)27-29(21,22)19(28(20,23-2)24-3)26-15-17-10-6-4-7-11-17/h4-13,16,19H,14-15H2,1-3H3. The van der Waals surface area contributed by atoms with Crippen LogP contribution in [0.4, 0.5) is 0 Å². The molecule has 10 heteroatoms. The van der Waals surface area contributed by atoms with E-state index in [0.717, 1.165) is 14.2 Å². The Labute approximate surface area is 171 Å². The Kier molecular flexibility index (Phi) is 8.82. The largest absolute Gasteiger partial charge is 0.491 e. The number of hydrogen-bond acceptors (Lipinski definition) is 8. The van der Waals surface area contributed by atoms with Gasteiger partial charge < -0.3 is 18.5 Å². The van der Waals surface area contributed by atoms with Gasteiger partial charge in [-0.25, -0.2) is 0 Å². The third-order valence-corrected chi connectivity index (χ3v) is 8.24. The van der Waals surface area contributed by atoms with Gasteiger partial charge in [0.15, 0.2) is 0 Å². The first-order valence-corrected chi connectivity index (χ1v) is 11.9. The van der Waals surface area contributed by atoms with E-state index in [4.69, 9.17) is 22.7 Å². The van der Waals surface area contributed by atoms with Crippen LogP contribution in [0.15, 0.2) is 60.7 Å². The summed E-state index contributed by atoms with van der Waals surface area (Å²) in [5.74, 6) is 0.566. The summed E-state index contributed by atoms with van der Waals surface area (Å²) in [4.78, 5) is 0. The van der Waals surface area contributed by atoms with E-state index in [1.54, 1.807) is 48.5 Å². The van der Waals surface area contributed by atoms with E-state index in [1.165, 1.54) is 6.92 Å². The molecule has 0 aromatic heterocycles. The lowest BCUT2D eigenvalue weighted by atomic mass is 10.2. The minimum absolute atomic E-state index is 0.0427. The number of ether oxygens (including phenoxy) is 2. The average Bonchev–Trinajstić information content (AvgIpc) is 2.73. The third-order valence-electron chi connectivity index (χ3n) is 3.78.